The quantitative estimate of drug-likeness (QED) is 0.842. The molecule has 158 valence electrons. The van der Waals surface area contributed by atoms with Crippen LogP contribution in [-0.2, 0) is 4.74 Å². The Morgan fingerprint density at radius 2 is 1.90 bits per heavy atom. The van der Waals surface area contributed by atoms with E-state index in [1.54, 1.807) is 9.47 Å². The molecule has 0 saturated carbocycles. The number of nitrogens with zero attached hydrogens (tertiary/aromatic N) is 5. The highest BCUT2D eigenvalue weighted by atomic mass is 16.6. The third-order valence-corrected chi connectivity index (χ3v) is 4.71. The van der Waals surface area contributed by atoms with Gasteiger partial charge in [0.15, 0.2) is 5.65 Å². The van der Waals surface area contributed by atoms with Gasteiger partial charge in [-0.15, -0.1) is 0 Å². The Bertz CT molecular complexity index is 955. The Morgan fingerprint density at radius 1 is 1.24 bits per heavy atom. The Morgan fingerprint density at radius 3 is 2.48 bits per heavy atom. The fourth-order valence-electron chi connectivity index (χ4n) is 3.47. The molecule has 2 aromatic rings. The van der Waals surface area contributed by atoms with Gasteiger partial charge in [-0.05, 0) is 54.4 Å². The zero-order chi connectivity index (χ0) is 21.3. The lowest BCUT2D eigenvalue weighted by Crippen LogP contribution is -2.43. The number of piperidine rings is 1. The number of hydrogen-bond acceptors (Lipinski definition) is 7. The van der Waals surface area contributed by atoms with Gasteiger partial charge in [0, 0.05) is 25.2 Å². The van der Waals surface area contributed by atoms with E-state index in [1.165, 1.54) is 6.20 Å². The molecule has 3 heterocycles. The fourth-order valence-corrected chi connectivity index (χ4v) is 3.47. The van der Waals surface area contributed by atoms with Crippen LogP contribution in [0.1, 0.15) is 59.2 Å². The number of anilines is 1. The van der Waals surface area contributed by atoms with Crippen LogP contribution in [0.2, 0.25) is 0 Å². The molecular formula is C20H30N6O3. The summed E-state index contributed by atoms with van der Waals surface area (Å²) in [6, 6.07) is 0.105. The van der Waals surface area contributed by atoms with E-state index in [0.717, 1.165) is 5.69 Å². The highest BCUT2D eigenvalue weighted by molar-refractivity contribution is 5.74. The second-order valence-corrected chi connectivity index (χ2v) is 8.77. The van der Waals surface area contributed by atoms with Gasteiger partial charge in [0.25, 0.3) is 5.56 Å². The van der Waals surface area contributed by atoms with Gasteiger partial charge < -0.3 is 15.0 Å². The molecule has 0 atom stereocenters. The molecule has 0 bridgehead atoms. The molecule has 3 rings (SSSR count). The number of likely N-dealkylation sites (tertiary alicyclic amines) is 1. The van der Waals surface area contributed by atoms with Crippen molar-refractivity contribution in [3.63, 3.8) is 0 Å². The third-order valence-electron chi connectivity index (χ3n) is 4.71. The van der Waals surface area contributed by atoms with Crippen molar-refractivity contribution in [1.82, 2.24) is 24.4 Å². The van der Waals surface area contributed by atoms with Crippen LogP contribution in [0, 0.1) is 6.92 Å². The molecular weight excluding hydrogens is 372 g/mol. The van der Waals surface area contributed by atoms with E-state index in [4.69, 9.17) is 4.74 Å². The number of fused-ring (bicyclic) bond motifs is 1. The molecule has 1 amide bonds. The summed E-state index contributed by atoms with van der Waals surface area (Å²) in [7, 11) is 0. The number of nitrogens with one attached hydrogen (secondary N) is 1. The second-order valence-electron chi connectivity index (χ2n) is 8.77. The number of carbonyl (C=O) groups is 1. The normalized spacial score (nSPS) is 15.8. The fraction of sp³-hybridized carbons (Fsp3) is 0.650. The average molecular weight is 402 g/mol. The lowest BCUT2D eigenvalue weighted by molar-refractivity contribution is 0.0188. The first-order valence-electron chi connectivity index (χ1n) is 10.1. The van der Waals surface area contributed by atoms with E-state index in [0.29, 0.717) is 43.0 Å². The standard InChI is InChI=1S/C20H30N6O3/c1-12(2)22-18-23-13(3)16-17(24-18)26(15(27)11-21-16)14-7-9-25(10-8-14)19(28)29-20(4,5)6/h11-12,14H,7-10H2,1-6H3,(H,22,23,24). The first kappa shape index (κ1) is 21.0. The van der Waals surface area contributed by atoms with E-state index in [-0.39, 0.29) is 23.7 Å². The minimum absolute atomic E-state index is 0.0621. The predicted octanol–water partition coefficient (Wildman–Crippen LogP) is 2.89. The van der Waals surface area contributed by atoms with Crippen molar-refractivity contribution >= 4 is 23.2 Å². The zero-order valence-corrected chi connectivity index (χ0v) is 18.0. The van der Waals surface area contributed by atoms with Crippen molar-refractivity contribution in [3.05, 3.63) is 22.2 Å². The van der Waals surface area contributed by atoms with E-state index in [2.05, 4.69) is 20.3 Å². The summed E-state index contributed by atoms with van der Waals surface area (Å²) in [6.07, 6.45) is 2.31. The summed E-state index contributed by atoms with van der Waals surface area (Å²) < 4.78 is 7.16. The SMILES string of the molecule is Cc1nc(NC(C)C)nc2c1ncc(=O)n2C1CCN(C(=O)OC(C)(C)C)CC1. The molecule has 1 saturated heterocycles. The van der Waals surface area contributed by atoms with E-state index >= 15 is 0 Å². The van der Waals surface area contributed by atoms with Gasteiger partial charge in [0.05, 0.1) is 11.9 Å². The molecule has 0 unspecified atom stereocenters. The summed E-state index contributed by atoms with van der Waals surface area (Å²) in [5.41, 5.74) is 1.15. The predicted molar refractivity (Wildman–Crippen MR) is 111 cm³/mol. The largest absolute Gasteiger partial charge is 0.444 e. The topological polar surface area (TPSA) is 102 Å². The van der Waals surface area contributed by atoms with E-state index in [1.807, 2.05) is 41.5 Å². The number of ether oxygens (including phenoxy) is 1. The monoisotopic (exact) mass is 402 g/mol. The van der Waals surface area contributed by atoms with Crippen molar-refractivity contribution in [2.24, 2.45) is 0 Å². The Kier molecular flexibility index (Phi) is 5.77. The minimum atomic E-state index is -0.527. The van der Waals surface area contributed by atoms with Gasteiger partial charge in [-0.2, -0.15) is 4.98 Å². The molecule has 9 heteroatoms. The molecule has 1 aliphatic rings. The van der Waals surface area contributed by atoms with E-state index < -0.39 is 5.60 Å². The maximum atomic E-state index is 12.7. The van der Waals surface area contributed by atoms with Gasteiger partial charge in [0.1, 0.15) is 11.1 Å². The Balaban J connectivity index is 1.88. The Labute approximate surface area is 170 Å². The van der Waals surface area contributed by atoms with Crippen LogP contribution in [0.25, 0.3) is 11.2 Å². The van der Waals surface area contributed by atoms with Crippen molar-refractivity contribution in [3.8, 4) is 0 Å². The molecule has 0 aromatic carbocycles. The number of rotatable bonds is 3. The highest BCUT2D eigenvalue weighted by Crippen LogP contribution is 2.26. The van der Waals surface area contributed by atoms with Crippen molar-refractivity contribution in [1.29, 1.82) is 0 Å². The summed E-state index contributed by atoms with van der Waals surface area (Å²) in [4.78, 5) is 40.0. The molecule has 1 N–H and O–H groups in total. The van der Waals surface area contributed by atoms with Crippen LogP contribution < -0.4 is 10.9 Å². The van der Waals surface area contributed by atoms with Crippen molar-refractivity contribution in [2.75, 3.05) is 18.4 Å². The van der Waals surface area contributed by atoms with Crippen LogP contribution >= 0.6 is 0 Å². The van der Waals surface area contributed by atoms with Crippen molar-refractivity contribution < 1.29 is 9.53 Å². The minimum Gasteiger partial charge on any atom is -0.444 e. The lowest BCUT2D eigenvalue weighted by Gasteiger charge is -2.34. The van der Waals surface area contributed by atoms with Gasteiger partial charge in [-0.3, -0.25) is 9.36 Å². The Hall–Kier alpha value is -2.71. The summed E-state index contributed by atoms with van der Waals surface area (Å²) in [5, 5.41) is 3.20. The zero-order valence-electron chi connectivity index (χ0n) is 18.0. The van der Waals surface area contributed by atoms with Crippen molar-refractivity contribution in [2.45, 2.75) is 72.1 Å². The maximum Gasteiger partial charge on any atom is 0.410 e. The van der Waals surface area contributed by atoms with Gasteiger partial charge in [-0.25, -0.2) is 14.8 Å². The lowest BCUT2D eigenvalue weighted by atomic mass is 10.0. The van der Waals surface area contributed by atoms with E-state index in [9.17, 15) is 9.59 Å². The smallest absolute Gasteiger partial charge is 0.410 e. The number of aryl methyl sites for hydroxylation is 1. The highest BCUT2D eigenvalue weighted by Gasteiger charge is 2.29. The number of aromatic nitrogens is 4. The van der Waals surface area contributed by atoms with Gasteiger partial charge in [-0.1, -0.05) is 0 Å². The summed E-state index contributed by atoms with van der Waals surface area (Å²) >= 11 is 0. The second kappa shape index (κ2) is 7.96. The van der Waals surface area contributed by atoms with Crippen LogP contribution in [0.4, 0.5) is 10.7 Å². The van der Waals surface area contributed by atoms with Gasteiger partial charge >= 0.3 is 6.09 Å². The molecule has 1 fully saturated rings. The molecule has 1 aliphatic heterocycles. The average Bonchev–Trinajstić information content (AvgIpc) is 2.59. The molecule has 2 aromatic heterocycles. The maximum absolute atomic E-state index is 12.7. The molecule has 0 aliphatic carbocycles. The molecule has 0 radical (unpaired) electrons. The summed E-state index contributed by atoms with van der Waals surface area (Å²) in [5.74, 6) is 0.484. The third kappa shape index (κ3) is 4.83. The first-order valence-corrected chi connectivity index (χ1v) is 10.1. The molecule has 9 nitrogen and oxygen atoms in total. The van der Waals surface area contributed by atoms with Gasteiger partial charge in [0.2, 0.25) is 5.95 Å². The number of amides is 1. The van der Waals surface area contributed by atoms with Crippen LogP contribution in [-0.4, -0.2) is 55.2 Å². The van der Waals surface area contributed by atoms with Crippen LogP contribution in [0.5, 0.6) is 0 Å². The first-order chi connectivity index (χ1) is 13.5. The molecule has 0 spiro atoms. The van der Waals surface area contributed by atoms with Crippen LogP contribution in [0.15, 0.2) is 11.0 Å². The molecule has 29 heavy (non-hydrogen) atoms. The number of carbonyl (C=O) groups excluding carboxylic acids is 1. The summed E-state index contributed by atoms with van der Waals surface area (Å²) in [6.45, 7) is 12.5. The van der Waals surface area contributed by atoms with Crippen LogP contribution in [0.3, 0.4) is 0 Å². The number of hydrogen-bond donors (Lipinski definition) is 1.